The zero-order chi connectivity index (χ0) is 15.4. The van der Waals surface area contributed by atoms with E-state index in [0.717, 1.165) is 36.3 Å². The first-order chi connectivity index (χ1) is 10.7. The fourth-order valence-electron chi connectivity index (χ4n) is 2.91. The van der Waals surface area contributed by atoms with Gasteiger partial charge in [0.15, 0.2) is 5.82 Å². The van der Waals surface area contributed by atoms with E-state index in [1.807, 2.05) is 36.5 Å². The Balaban J connectivity index is 1.61. The monoisotopic (exact) mass is 317 g/mol. The molecule has 1 N–H and O–H groups in total. The van der Waals surface area contributed by atoms with Gasteiger partial charge in [-0.05, 0) is 24.5 Å². The zero-order valence-corrected chi connectivity index (χ0v) is 13.2. The number of hydrogen-bond donors (Lipinski definition) is 1. The van der Waals surface area contributed by atoms with Crippen LogP contribution in [0.4, 0.5) is 5.82 Å². The quantitative estimate of drug-likeness (QED) is 0.922. The highest BCUT2D eigenvalue weighted by molar-refractivity contribution is 6.31. The van der Waals surface area contributed by atoms with E-state index < -0.39 is 0 Å². The molecule has 3 rings (SSSR count). The molecule has 1 aromatic heterocycles. The second kappa shape index (κ2) is 6.97. The largest absolute Gasteiger partial charge is 0.309 e. The number of carbonyl (C=O) groups excluding carboxylic acids is 1. The first-order valence-electron chi connectivity index (χ1n) is 7.80. The van der Waals surface area contributed by atoms with Gasteiger partial charge in [0.2, 0.25) is 5.91 Å². The minimum atomic E-state index is 0.0997. The summed E-state index contributed by atoms with van der Waals surface area (Å²) in [7, 11) is 0. The molecule has 0 bridgehead atoms. The predicted octanol–water partition coefficient (Wildman–Crippen LogP) is 4.10. The van der Waals surface area contributed by atoms with E-state index in [4.69, 9.17) is 11.6 Å². The Bertz CT molecular complexity index is 647. The fourth-order valence-corrected chi connectivity index (χ4v) is 3.11. The number of carbonyl (C=O) groups is 1. The molecule has 116 valence electrons. The summed E-state index contributed by atoms with van der Waals surface area (Å²) >= 11 is 6.16. The summed E-state index contributed by atoms with van der Waals surface area (Å²) in [6.07, 6.45) is 7.40. The molecule has 1 saturated carbocycles. The lowest BCUT2D eigenvalue weighted by molar-refractivity contribution is -0.120. The van der Waals surface area contributed by atoms with Crippen LogP contribution in [0.2, 0.25) is 5.02 Å². The SMILES string of the molecule is O=C(Nc1ccn(Cc2ccccc2Cl)n1)C1CCCCC1. The number of amides is 1. The highest BCUT2D eigenvalue weighted by Gasteiger charge is 2.21. The van der Waals surface area contributed by atoms with E-state index in [0.29, 0.717) is 12.4 Å². The Morgan fingerprint density at radius 2 is 2.00 bits per heavy atom. The van der Waals surface area contributed by atoms with Gasteiger partial charge >= 0.3 is 0 Å². The van der Waals surface area contributed by atoms with Gasteiger partial charge in [0.05, 0.1) is 6.54 Å². The summed E-state index contributed by atoms with van der Waals surface area (Å²) in [6, 6.07) is 9.54. The number of halogens is 1. The van der Waals surface area contributed by atoms with E-state index in [2.05, 4.69) is 10.4 Å². The van der Waals surface area contributed by atoms with Gasteiger partial charge in [-0.1, -0.05) is 49.1 Å². The van der Waals surface area contributed by atoms with E-state index in [1.165, 1.54) is 6.42 Å². The molecule has 22 heavy (non-hydrogen) atoms. The summed E-state index contributed by atoms with van der Waals surface area (Å²) in [5, 5.41) is 8.06. The molecule has 2 aromatic rings. The Hall–Kier alpha value is -1.81. The normalized spacial score (nSPS) is 15.7. The highest BCUT2D eigenvalue weighted by atomic mass is 35.5. The van der Waals surface area contributed by atoms with Crippen LogP contribution in [-0.2, 0) is 11.3 Å². The van der Waals surface area contributed by atoms with Gasteiger partial charge in [-0.25, -0.2) is 0 Å². The second-order valence-electron chi connectivity index (χ2n) is 5.81. The van der Waals surface area contributed by atoms with Gasteiger partial charge in [-0.2, -0.15) is 5.10 Å². The van der Waals surface area contributed by atoms with Crippen LogP contribution in [-0.4, -0.2) is 15.7 Å². The maximum atomic E-state index is 12.2. The molecule has 0 unspecified atom stereocenters. The van der Waals surface area contributed by atoms with Crippen LogP contribution < -0.4 is 5.32 Å². The standard InChI is InChI=1S/C17H20ClN3O/c18-15-9-5-4-8-14(15)12-21-11-10-16(20-21)19-17(22)13-6-2-1-3-7-13/h4-5,8-11,13H,1-3,6-7,12H2,(H,19,20,22). The molecular weight excluding hydrogens is 298 g/mol. The van der Waals surface area contributed by atoms with Crippen LogP contribution in [0.5, 0.6) is 0 Å². The topological polar surface area (TPSA) is 46.9 Å². The van der Waals surface area contributed by atoms with Crippen molar-refractivity contribution in [3.8, 4) is 0 Å². The molecule has 0 radical (unpaired) electrons. The maximum absolute atomic E-state index is 12.2. The van der Waals surface area contributed by atoms with Crippen LogP contribution in [0, 0.1) is 5.92 Å². The van der Waals surface area contributed by atoms with Crippen molar-refractivity contribution in [1.29, 1.82) is 0 Å². The van der Waals surface area contributed by atoms with Crippen molar-refractivity contribution < 1.29 is 4.79 Å². The van der Waals surface area contributed by atoms with Crippen molar-refractivity contribution >= 4 is 23.3 Å². The minimum absolute atomic E-state index is 0.0997. The molecule has 0 atom stereocenters. The second-order valence-corrected chi connectivity index (χ2v) is 6.22. The van der Waals surface area contributed by atoms with Crippen molar-refractivity contribution in [2.45, 2.75) is 38.6 Å². The maximum Gasteiger partial charge on any atom is 0.228 e. The number of benzene rings is 1. The number of nitrogens with zero attached hydrogens (tertiary/aromatic N) is 2. The van der Waals surface area contributed by atoms with Crippen molar-refractivity contribution in [3.05, 3.63) is 47.1 Å². The molecule has 1 amide bonds. The number of nitrogens with one attached hydrogen (secondary N) is 1. The molecule has 0 saturated heterocycles. The van der Waals surface area contributed by atoms with Gasteiger partial charge in [0.1, 0.15) is 0 Å². The molecule has 5 heteroatoms. The van der Waals surface area contributed by atoms with Crippen molar-refractivity contribution in [1.82, 2.24) is 9.78 Å². The minimum Gasteiger partial charge on any atom is -0.309 e. The summed E-state index contributed by atoms with van der Waals surface area (Å²) in [6.45, 7) is 0.596. The Kier molecular flexibility index (Phi) is 4.78. The smallest absolute Gasteiger partial charge is 0.228 e. The van der Waals surface area contributed by atoms with Crippen LogP contribution in [0.1, 0.15) is 37.7 Å². The fraction of sp³-hybridized carbons (Fsp3) is 0.412. The Labute approximate surface area is 135 Å². The van der Waals surface area contributed by atoms with E-state index in [1.54, 1.807) is 4.68 Å². The lowest BCUT2D eigenvalue weighted by Gasteiger charge is -2.19. The first kappa shape index (κ1) is 15.1. The van der Waals surface area contributed by atoms with Gasteiger partial charge in [0.25, 0.3) is 0 Å². The lowest BCUT2D eigenvalue weighted by Crippen LogP contribution is -2.25. The van der Waals surface area contributed by atoms with E-state index >= 15 is 0 Å². The van der Waals surface area contributed by atoms with Gasteiger partial charge in [-0.15, -0.1) is 0 Å². The average Bonchev–Trinajstić information content (AvgIpc) is 2.97. The third-order valence-electron chi connectivity index (χ3n) is 4.16. The Morgan fingerprint density at radius 3 is 2.77 bits per heavy atom. The third kappa shape index (κ3) is 3.69. The van der Waals surface area contributed by atoms with Crippen LogP contribution in [0.15, 0.2) is 36.5 Å². The molecule has 1 heterocycles. The van der Waals surface area contributed by atoms with Crippen molar-refractivity contribution in [2.24, 2.45) is 5.92 Å². The van der Waals surface area contributed by atoms with Crippen LogP contribution in [0.25, 0.3) is 0 Å². The number of hydrogen-bond acceptors (Lipinski definition) is 2. The van der Waals surface area contributed by atoms with Crippen LogP contribution in [0.3, 0.4) is 0 Å². The summed E-state index contributed by atoms with van der Waals surface area (Å²) < 4.78 is 1.79. The average molecular weight is 318 g/mol. The number of aromatic nitrogens is 2. The molecule has 1 aliphatic rings. The zero-order valence-electron chi connectivity index (χ0n) is 12.5. The molecule has 0 aliphatic heterocycles. The molecule has 4 nitrogen and oxygen atoms in total. The van der Waals surface area contributed by atoms with Crippen molar-refractivity contribution in [2.75, 3.05) is 5.32 Å². The molecule has 1 fully saturated rings. The van der Waals surface area contributed by atoms with Gasteiger partial charge in [-0.3, -0.25) is 9.48 Å². The van der Waals surface area contributed by atoms with Crippen LogP contribution >= 0.6 is 11.6 Å². The number of anilines is 1. The predicted molar refractivity (Wildman–Crippen MR) is 88.0 cm³/mol. The number of rotatable bonds is 4. The Morgan fingerprint density at radius 1 is 1.23 bits per heavy atom. The summed E-state index contributed by atoms with van der Waals surface area (Å²) in [4.78, 5) is 12.2. The highest BCUT2D eigenvalue weighted by Crippen LogP contribution is 2.24. The molecule has 0 spiro atoms. The lowest BCUT2D eigenvalue weighted by atomic mass is 9.89. The van der Waals surface area contributed by atoms with Gasteiger partial charge < -0.3 is 5.32 Å². The first-order valence-corrected chi connectivity index (χ1v) is 8.18. The van der Waals surface area contributed by atoms with Crippen molar-refractivity contribution in [3.63, 3.8) is 0 Å². The molecule has 1 aliphatic carbocycles. The molecule has 1 aromatic carbocycles. The van der Waals surface area contributed by atoms with E-state index in [9.17, 15) is 4.79 Å². The summed E-state index contributed by atoms with van der Waals surface area (Å²) in [5.74, 6) is 0.854. The summed E-state index contributed by atoms with van der Waals surface area (Å²) in [5.41, 5.74) is 1.01. The third-order valence-corrected chi connectivity index (χ3v) is 4.53. The van der Waals surface area contributed by atoms with E-state index in [-0.39, 0.29) is 11.8 Å². The van der Waals surface area contributed by atoms with Gasteiger partial charge in [0, 0.05) is 23.2 Å². The molecular formula is C17H20ClN3O.